The van der Waals surface area contributed by atoms with Crippen LogP contribution < -0.4 is 0 Å². The van der Waals surface area contributed by atoms with Crippen molar-refractivity contribution in [2.75, 3.05) is 0 Å². The normalized spacial score (nSPS) is 14.7. The van der Waals surface area contributed by atoms with Gasteiger partial charge in [-0.05, 0) is 26.2 Å². The van der Waals surface area contributed by atoms with E-state index in [2.05, 4.69) is 6.92 Å². The first-order chi connectivity index (χ1) is 11.4. The van der Waals surface area contributed by atoms with Gasteiger partial charge in [0, 0.05) is 0 Å². The predicted molar refractivity (Wildman–Crippen MR) is 102 cm³/mol. The van der Waals surface area contributed by atoms with E-state index in [9.17, 15) is 13.5 Å². The summed E-state index contributed by atoms with van der Waals surface area (Å²) in [5, 5.41) is 9.26. The summed E-state index contributed by atoms with van der Waals surface area (Å²) >= 11 is 0. The van der Waals surface area contributed by atoms with Gasteiger partial charge in [0.05, 0.1) is 11.4 Å². The largest absolute Gasteiger partial charge is 0.393 e. The summed E-state index contributed by atoms with van der Waals surface area (Å²) in [5.74, 6) is 0. The maximum atomic E-state index is 10.9. The molecular formula is C19H40O4S. The van der Waals surface area contributed by atoms with Crippen LogP contribution >= 0.6 is 0 Å². The fourth-order valence-corrected chi connectivity index (χ4v) is 3.44. The summed E-state index contributed by atoms with van der Waals surface area (Å²) < 4.78 is 30.6. The molecule has 2 atom stereocenters. The Kier molecular flexibility index (Phi) is 15.1. The SMILES string of the molecule is CCCCCCC(O)CCCCCCCCCCC(C)S(=O)(=O)O. The zero-order valence-electron chi connectivity index (χ0n) is 15.9. The molecule has 5 heteroatoms. The van der Waals surface area contributed by atoms with Gasteiger partial charge in [-0.15, -0.1) is 0 Å². The summed E-state index contributed by atoms with van der Waals surface area (Å²) in [5.41, 5.74) is 0. The predicted octanol–water partition coefficient (Wildman–Crippen LogP) is 5.50. The van der Waals surface area contributed by atoms with Crippen molar-refractivity contribution in [1.82, 2.24) is 0 Å². The Balaban J connectivity index is 3.28. The second-order valence-corrected chi connectivity index (χ2v) is 9.07. The molecule has 24 heavy (non-hydrogen) atoms. The van der Waals surface area contributed by atoms with Gasteiger partial charge in [-0.1, -0.05) is 84.0 Å². The molecular weight excluding hydrogens is 324 g/mol. The van der Waals surface area contributed by atoms with Crippen LogP contribution in [0.2, 0.25) is 0 Å². The van der Waals surface area contributed by atoms with Gasteiger partial charge in [-0.3, -0.25) is 4.55 Å². The van der Waals surface area contributed by atoms with Gasteiger partial charge in [0.1, 0.15) is 0 Å². The number of rotatable bonds is 17. The van der Waals surface area contributed by atoms with E-state index in [1.807, 2.05) is 0 Å². The summed E-state index contributed by atoms with van der Waals surface area (Å²) in [7, 11) is -3.85. The average molecular weight is 365 g/mol. The van der Waals surface area contributed by atoms with Crippen LogP contribution in [0.4, 0.5) is 0 Å². The Morgan fingerprint density at radius 2 is 1.08 bits per heavy atom. The lowest BCUT2D eigenvalue weighted by Crippen LogP contribution is -2.16. The number of aliphatic hydroxyl groups excluding tert-OH is 1. The Hall–Kier alpha value is -0.130. The highest BCUT2D eigenvalue weighted by atomic mass is 32.2. The van der Waals surface area contributed by atoms with E-state index in [0.717, 1.165) is 44.9 Å². The third kappa shape index (κ3) is 15.4. The molecule has 0 spiro atoms. The van der Waals surface area contributed by atoms with Gasteiger partial charge >= 0.3 is 0 Å². The first kappa shape index (κ1) is 23.9. The molecule has 2 unspecified atom stereocenters. The van der Waals surface area contributed by atoms with Crippen LogP contribution in [0.15, 0.2) is 0 Å². The quantitative estimate of drug-likeness (QED) is 0.264. The van der Waals surface area contributed by atoms with E-state index in [4.69, 9.17) is 4.55 Å². The molecule has 0 aromatic heterocycles. The van der Waals surface area contributed by atoms with Crippen LogP contribution in [0.1, 0.15) is 110 Å². The monoisotopic (exact) mass is 364 g/mol. The summed E-state index contributed by atoms with van der Waals surface area (Å²) in [4.78, 5) is 0. The lowest BCUT2D eigenvalue weighted by Gasteiger charge is -2.10. The van der Waals surface area contributed by atoms with Crippen molar-refractivity contribution in [3.8, 4) is 0 Å². The van der Waals surface area contributed by atoms with E-state index < -0.39 is 15.4 Å². The van der Waals surface area contributed by atoms with Gasteiger partial charge in [0.2, 0.25) is 0 Å². The topological polar surface area (TPSA) is 74.6 Å². The Morgan fingerprint density at radius 1 is 0.708 bits per heavy atom. The lowest BCUT2D eigenvalue weighted by molar-refractivity contribution is 0.147. The molecule has 0 fully saturated rings. The second-order valence-electron chi connectivity index (χ2n) is 7.23. The molecule has 0 amide bonds. The minimum atomic E-state index is -3.85. The first-order valence-corrected chi connectivity index (χ1v) is 11.5. The Labute approximate surface area is 150 Å². The summed E-state index contributed by atoms with van der Waals surface area (Å²) in [6, 6.07) is 0. The van der Waals surface area contributed by atoms with Crippen LogP contribution in [0.3, 0.4) is 0 Å². The molecule has 0 aromatic carbocycles. The fourth-order valence-electron chi connectivity index (χ4n) is 2.97. The van der Waals surface area contributed by atoms with Crippen molar-refractivity contribution in [2.24, 2.45) is 0 Å². The van der Waals surface area contributed by atoms with Gasteiger partial charge in [-0.25, -0.2) is 0 Å². The minimum Gasteiger partial charge on any atom is -0.393 e. The molecule has 4 nitrogen and oxygen atoms in total. The first-order valence-electron chi connectivity index (χ1n) is 10.0. The molecule has 0 aliphatic heterocycles. The number of aliphatic hydroxyl groups is 1. The lowest BCUT2D eigenvalue weighted by atomic mass is 10.0. The Bertz CT molecular complexity index is 368. The Morgan fingerprint density at radius 3 is 1.50 bits per heavy atom. The third-order valence-electron chi connectivity index (χ3n) is 4.80. The molecule has 146 valence electrons. The van der Waals surface area contributed by atoms with Crippen molar-refractivity contribution >= 4 is 10.1 Å². The van der Waals surface area contributed by atoms with Crippen molar-refractivity contribution in [3.05, 3.63) is 0 Å². The molecule has 0 aliphatic rings. The number of hydrogen-bond donors (Lipinski definition) is 2. The summed E-state index contributed by atoms with van der Waals surface area (Å²) in [6.45, 7) is 3.77. The molecule has 0 rings (SSSR count). The molecule has 0 aromatic rings. The minimum absolute atomic E-state index is 0.105. The van der Waals surface area contributed by atoms with E-state index in [-0.39, 0.29) is 6.10 Å². The zero-order valence-corrected chi connectivity index (χ0v) is 16.7. The van der Waals surface area contributed by atoms with E-state index in [1.54, 1.807) is 6.92 Å². The molecule has 0 heterocycles. The van der Waals surface area contributed by atoms with Gasteiger partial charge in [0.15, 0.2) is 0 Å². The van der Waals surface area contributed by atoms with Crippen molar-refractivity contribution < 1.29 is 18.1 Å². The number of unbranched alkanes of at least 4 members (excludes halogenated alkanes) is 10. The highest BCUT2D eigenvalue weighted by Gasteiger charge is 2.15. The highest BCUT2D eigenvalue weighted by Crippen LogP contribution is 2.15. The maximum absolute atomic E-state index is 10.9. The summed E-state index contributed by atoms with van der Waals surface area (Å²) in [6.07, 6.45) is 16.3. The average Bonchev–Trinajstić information content (AvgIpc) is 2.52. The van der Waals surface area contributed by atoms with Crippen LogP contribution in [0.25, 0.3) is 0 Å². The zero-order chi connectivity index (χ0) is 18.3. The van der Waals surface area contributed by atoms with Crippen molar-refractivity contribution in [1.29, 1.82) is 0 Å². The molecule has 0 saturated carbocycles. The van der Waals surface area contributed by atoms with Crippen molar-refractivity contribution in [2.45, 2.75) is 122 Å². The molecule has 0 saturated heterocycles. The van der Waals surface area contributed by atoms with Crippen LogP contribution in [-0.2, 0) is 10.1 Å². The molecule has 2 N–H and O–H groups in total. The molecule has 0 bridgehead atoms. The second kappa shape index (κ2) is 15.2. The van der Waals surface area contributed by atoms with Crippen molar-refractivity contribution in [3.63, 3.8) is 0 Å². The van der Waals surface area contributed by atoms with Gasteiger partial charge in [0.25, 0.3) is 10.1 Å². The van der Waals surface area contributed by atoms with E-state index >= 15 is 0 Å². The van der Waals surface area contributed by atoms with Gasteiger partial charge in [-0.2, -0.15) is 8.42 Å². The van der Waals surface area contributed by atoms with E-state index in [1.165, 1.54) is 44.9 Å². The van der Waals surface area contributed by atoms with E-state index in [0.29, 0.717) is 6.42 Å². The standard InChI is InChI=1S/C19H40O4S/c1-3-4-5-13-16-19(20)17-14-11-9-7-6-8-10-12-15-18(2)24(21,22)23/h18-20H,3-17H2,1-2H3,(H,21,22,23). The maximum Gasteiger partial charge on any atom is 0.267 e. The fraction of sp³-hybridized carbons (Fsp3) is 1.00. The van der Waals surface area contributed by atoms with Crippen LogP contribution in [-0.4, -0.2) is 29.4 Å². The van der Waals surface area contributed by atoms with Crippen LogP contribution in [0.5, 0.6) is 0 Å². The van der Waals surface area contributed by atoms with Crippen LogP contribution in [0, 0.1) is 0 Å². The molecule has 0 radical (unpaired) electrons. The smallest absolute Gasteiger partial charge is 0.267 e. The highest BCUT2D eigenvalue weighted by molar-refractivity contribution is 7.86. The van der Waals surface area contributed by atoms with Gasteiger partial charge < -0.3 is 5.11 Å². The number of hydrogen-bond acceptors (Lipinski definition) is 3. The third-order valence-corrected chi connectivity index (χ3v) is 6.05. The molecule has 0 aliphatic carbocycles.